The zero-order valence-corrected chi connectivity index (χ0v) is 10.7. The van der Waals surface area contributed by atoms with Gasteiger partial charge in [0.2, 0.25) is 0 Å². The van der Waals surface area contributed by atoms with Crippen LogP contribution >= 0.6 is 0 Å². The summed E-state index contributed by atoms with van der Waals surface area (Å²) in [6.45, 7) is 2.09. The van der Waals surface area contributed by atoms with Gasteiger partial charge in [0.15, 0.2) is 0 Å². The fourth-order valence-electron chi connectivity index (χ4n) is 2.81. The molecule has 17 heavy (non-hydrogen) atoms. The van der Waals surface area contributed by atoms with Crippen molar-refractivity contribution in [1.82, 2.24) is 0 Å². The molecule has 1 aromatic rings. The summed E-state index contributed by atoms with van der Waals surface area (Å²) in [5, 5.41) is 0. The van der Waals surface area contributed by atoms with E-state index in [0.717, 1.165) is 6.42 Å². The molecule has 1 fully saturated rings. The summed E-state index contributed by atoms with van der Waals surface area (Å²) in [6, 6.07) is 8.22. The second-order valence-electron chi connectivity index (χ2n) is 5.35. The Kier molecular flexibility index (Phi) is 4.36. The Morgan fingerprint density at radius 3 is 2.59 bits per heavy atom. The first kappa shape index (κ1) is 12.3. The number of hydrogen-bond acceptors (Lipinski definition) is 1. The summed E-state index contributed by atoms with van der Waals surface area (Å²) in [7, 11) is 0. The summed E-state index contributed by atoms with van der Waals surface area (Å²) >= 11 is 0. The standard InChI is InChI=1S/C16H22O/c1-13-7-5-6-10-15(13)12-16(17)11-14-8-3-2-4-9-14/h5-7,10,14H,2-4,8-9,11-12H2,1H3. The number of Topliss-reactive ketones (excluding diaryl/α,β-unsaturated/α-hetero) is 1. The summed E-state index contributed by atoms with van der Waals surface area (Å²) in [5.74, 6) is 1.09. The van der Waals surface area contributed by atoms with Crippen LogP contribution in [0.2, 0.25) is 0 Å². The topological polar surface area (TPSA) is 17.1 Å². The predicted octanol–water partition coefficient (Wildman–Crippen LogP) is 4.08. The molecule has 0 amide bonds. The zero-order chi connectivity index (χ0) is 12.1. The average molecular weight is 230 g/mol. The molecule has 0 unspecified atom stereocenters. The van der Waals surface area contributed by atoms with Crippen molar-refractivity contribution >= 4 is 5.78 Å². The van der Waals surface area contributed by atoms with E-state index in [1.165, 1.54) is 43.2 Å². The molecule has 0 saturated heterocycles. The van der Waals surface area contributed by atoms with Crippen molar-refractivity contribution in [2.24, 2.45) is 5.92 Å². The molecule has 2 rings (SSSR count). The summed E-state index contributed by atoms with van der Waals surface area (Å²) in [4.78, 5) is 12.0. The van der Waals surface area contributed by atoms with Crippen molar-refractivity contribution < 1.29 is 4.79 Å². The second kappa shape index (κ2) is 6.00. The van der Waals surface area contributed by atoms with Crippen molar-refractivity contribution in [2.45, 2.75) is 51.9 Å². The molecule has 1 heteroatoms. The minimum atomic E-state index is 0.422. The maximum atomic E-state index is 12.0. The normalized spacial score (nSPS) is 17.0. The molecular formula is C16H22O. The molecule has 1 saturated carbocycles. The van der Waals surface area contributed by atoms with E-state index in [9.17, 15) is 4.79 Å². The van der Waals surface area contributed by atoms with Gasteiger partial charge >= 0.3 is 0 Å². The molecule has 0 atom stereocenters. The van der Waals surface area contributed by atoms with Gasteiger partial charge in [-0.1, -0.05) is 56.4 Å². The van der Waals surface area contributed by atoms with Gasteiger partial charge in [-0.3, -0.25) is 4.79 Å². The third-order valence-corrected chi connectivity index (χ3v) is 3.89. The van der Waals surface area contributed by atoms with Gasteiger partial charge in [0.25, 0.3) is 0 Å². The van der Waals surface area contributed by atoms with Crippen molar-refractivity contribution in [3.63, 3.8) is 0 Å². The molecular weight excluding hydrogens is 208 g/mol. The van der Waals surface area contributed by atoms with E-state index >= 15 is 0 Å². The van der Waals surface area contributed by atoms with Crippen LogP contribution < -0.4 is 0 Å². The third kappa shape index (κ3) is 3.69. The Hall–Kier alpha value is -1.11. The molecule has 0 bridgehead atoms. The Morgan fingerprint density at radius 2 is 1.88 bits per heavy atom. The SMILES string of the molecule is Cc1ccccc1CC(=O)CC1CCCCC1. The number of hydrogen-bond donors (Lipinski definition) is 0. The van der Waals surface area contributed by atoms with Gasteiger partial charge in [0.05, 0.1) is 0 Å². The van der Waals surface area contributed by atoms with Crippen LogP contribution in [0.3, 0.4) is 0 Å². The molecule has 1 aliphatic carbocycles. The first-order valence-corrected chi connectivity index (χ1v) is 6.82. The van der Waals surface area contributed by atoms with E-state index in [2.05, 4.69) is 19.1 Å². The number of benzene rings is 1. The Bertz CT molecular complexity index is 375. The number of carbonyl (C=O) groups is 1. The van der Waals surface area contributed by atoms with Crippen LogP contribution in [0, 0.1) is 12.8 Å². The van der Waals surface area contributed by atoms with E-state index in [-0.39, 0.29) is 0 Å². The van der Waals surface area contributed by atoms with Gasteiger partial charge in [0, 0.05) is 12.8 Å². The highest BCUT2D eigenvalue weighted by Gasteiger charge is 2.17. The van der Waals surface area contributed by atoms with Crippen LogP contribution in [0.5, 0.6) is 0 Å². The molecule has 1 nitrogen and oxygen atoms in total. The van der Waals surface area contributed by atoms with Gasteiger partial charge in [-0.25, -0.2) is 0 Å². The first-order valence-electron chi connectivity index (χ1n) is 6.82. The van der Waals surface area contributed by atoms with Crippen molar-refractivity contribution in [3.8, 4) is 0 Å². The molecule has 0 aliphatic heterocycles. The average Bonchev–Trinajstić information content (AvgIpc) is 2.33. The monoisotopic (exact) mass is 230 g/mol. The van der Waals surface area contributed by atoms with E-state index in [1.54, 1.807) is 0 Å². The lowest BCUT2D eigenvalue weighted by atomic mass is 9.85. The molecule has 0 heterocycles. The van der Waals surface area contributed by atoms with Crippen molar-refractivity contribution in [3.05, 3.63) is 35.4 Å². The number of ketones is 1. The Labute approximate surface area is 104 Å². The maximum Gasteiger partial charge on any atom is 0.137 e. The Morgan fingerprint density at radius 1 is 1.18 bits per heavy atom. The predicted molar refractivity (Wildman–Crippen MR) is 71.1 cm³/mol. The lowest BCUT2D eigenvalue weighted by Crippen LogP contribution is -2.14. The highest BCUT2D eigenvalue weighted by Crippen LogP contribution is 2.27. The van der Waals surface area contributed by atoms with Crippen LogP contribution in [0.25, 0.3) is 0 Å². The fourth-order valence-corrected chi connectivity index (χ4v) is 2.81. The van der Waals surface area contributed by atoms with Gasteiger partial charge < -0.3 is 0 Å². The van der Waals surface area contributed by atoms with Crippen LogP contribution in [0.4, 0.5) is 0 Å². The lowest BCUT2D eigenvalue weighted by Gasteiger charge is -2.20. The van der Waals surface area contributed by atoms with E-state index < -0.39 is 0 Å². The molecule has 0 N–H and O–H groups in total. The molecule has 0 aromatic heterocycles. The largest absolute Gasteiger partial charge is 0.299 e. The molecule has 1 aromatic carbocycles. The zero-order valence-electron chi connectivity index (χ0n) is 10.7. The van der Waals surface area contributed by atoms with Gasteiger partial charge in [-0.2, -0.15) is 0 Å². The number of rotatable bonds is 4. The van der Waals surface area contributed by atoms with Gasteiger partial charge in [-0.05, 0) is 24.0 Å². The summed E-state index contributed by atoms with van der Waals surface area (Å²) < 4.78 is 0. The third-order valence-electron chi connectivity index (χ3n) is 3.89. The minimum Gasteiger partial charge on any atom is -0.299 e. The fraction of sp³-hybridized carbons (Fsp3) is 0.562. The maximum absolute atomic E-state index is 12.0. The van der Waals surface area contributed by atoms with Crippen LogP contribution in [0.15, 0.2) is 24.3 Å². The highest BCUT2D eigenvalue weighted by molar-refractivity contribution is 5.81. The number of carbonyl (C=O) groups excluding carboxylic acids is 1. The number of aryl methyl sites for hydroxylation is 1. The smallest absolute Gasteiger partial charge is 0.137 e. The second-order valence-corrected chi connectivity index (χ2v) is 5.35. The van der Waals surface area contributed by atoms with E-state index in [0.29, 0.717) is 18.1 Å². The Balaban J connectivity index is 1.86. The van der Waals surface area contributed by atoms with Crippen molar-refractivity contribution in [1.29, 1.82) is 0 Å². The molecule has 1 aliphatic rings. The summed E-state index contributed by atoms with van der Waals surface area (Å²) in [6.07, 6.45) is 7.96. The van der Waals surface area contributed by atoms with Gasteiger partial charge in [-0.15, -0.1) is 0 Å². The van der Waals surface area contributed by atoms with Crippen molar-refractivity contribution in [2.75, 3.05) is 0 Å². The van der Waals surface area contributed by atoms with E-state index in [1.807, 2.05) is 12.1 Å². The molecule has 0 radical (unpaired) electrons. The van der Waals surface area contributed by atoms with Gasteiger partial charge in [0.1, 0.15) is 5.78 Å². The molecule has 92 valence electrons. The van der Waals surface area contributed by atoms with Crippen LogP contribution in [-0.2, 0) is 11.2 Å². The first-order chi connectivity index (χ1) is 8.25. The summed E-state index contributed by atoms with van der Waals surface area (Å²) in [5.41, 5.74) is 2.44. The minimum absolute atomic E-state index is 0.422. The van der Waals surface area contributed by atoms with Crippen LogP contribution in [0.1, 0.15) is 49.7 Å². The highest BCUT2D eigenvalue weighted by atomic mass is 16.1. The van der Waals surface area contributed by atoms with E-state index in [4.69, 9.17) is 0 Å². The lowest BCUT2D eigenvalue weighted by molar-refractivity contribution is -0.119. The van der Waals surface area contributed by atoms with Crippen LogP contribution in [-0.4, -0.2) is 5.78 Å². The quantitative estimate of drug-likeness (QED) is 0.761. The molecule has 0 spiro atoms.